The molecule has 4 nitrogen and oxygen atoms in total. The normalized spacial score (nSPS) is 19.5. The molecule has 2 aromatic carbocycles. The fraction of sp³-hybridized carbons (Fsp3) is 0.350. The van der Waals surface area contributed by atoms with E-state index in [9.17, 15) is 9.18 Å². The summed E-state index contributed by atoms with van der Waals surface area (Å²) in [5, 5.41) is 0. The topological polar surface area (TPSA) is 32.8 Å². The summed E-state index contributed by atoms with van der Waals surface area (Å²) >= 11 is 0. The summed E-state index contributed by atoms with van der Waals surface area (Å²) in [5.41, 5.74) is 1.10. The Morgan fingerprint density at radius 3 is 2.52 bits per heavy atom. The van der Waals surface area contributed by atoms with Gasteiger partial charge in [0.1, 0.15) is 0 Å². The molecule has 5 heteroatoms. The summed E-state index contributed by atoms with van der Waals surface area (Å²) in [6.45, 7) is 3.87. The van der Waals surface area contributed by atoms with Gasteiger partial charge >= 0.3 is 0 Å². The number of carbonyl (C=O) groups is 1. The molecule has 0 radical (unpaired) electrons. The van der Waals surface area contributed by atoms with Crippen LogP contribution in [0.25, 0.3) is 0 Å². The zero-order chi connectivity index (χ0) is 17.8. The van der Waals surface area contributed by atoms with E-state index in [0.717, 1.165) is 18.7 Å². The van der Waals surface area contributed by atoms with Crippen LogP contribution in [0, 0.1) is 5.82 Å². The van der Waals surface area contributed by atoms with Crippen molar-refractivity contribution < 1.29 is 13.9 Å². The third-order valence-electron chi connectivity index (χ3n) is 4.54. The molecule has 1 saturated heterocycles. The van der Waals surface area contributed by atoms with Gasteiger partial charge in [0.2, 0.25) is 0 Å². The fourth-order valence-corrected chi connectivity index (χ4v) is 3.16. The Kier molecular flexibility index (Phi) is 5.34. The summed E-state index contributed by atoms with van der Waals surface area (Å²) in [7, 11) is 2.05. The number of rotatable bonds is 4. The molecule has 2 atom stereocenters. The van der Waals surface area contributed by atoms with Gasteiger partial charge in [-0.2, -0.15) is 0 Å². The second-order valence-electron chi connectivity index (χ2n) is 6.41. The third kappa shape index (κ3) is 3.99. The number of amides is 1. The number of para-hydroxylation sites is 1. The van der Waals surface area contributed by atoms with Gasteiger partial charge in [-0.15, -0.1) is 0 Å². The Bertz CT molecular complexity index is 723. The molecule has 0 spiro atoms. The zero-order valence-corrected chi connectivity index (χ0v) is 14.6. The number of benzene rings is 2. The van der Waals surface area contributed by atoms with Crippen molar-refractivity contribution >= 4 is 5.91 Å². The number of halogens is 1. The van der Waals surface area contributed by atoms with Crippen molar-refractivity contribution in [2.45, 2.75) is 19.1 Å². The first kappa shape index (κ1) is 17.4. The van der Waals surface area contributed by atoms with Gasteiger partial charge in [0, 0.05) is 19.6 Å². The van der Waals surface area contributed by atoms with E-state index < -0.39 is 11.9 Å². The van der Waals surface area contributed by atoms with Crippen LogP contribution in [-0.4, -0.2) is 48.5 Å². The van der Waals surface area contributed by atoms with Crippen LogP contribution in [0.1, 0.15) is 18.5 Å². The van der Waals surface area contributed by atoms with Crippen LogP contribution in [0.2, 0.25) is 0 Å². The van der Waals surface area contributed by atoms with Crippen LogP contribution in [0.5, 0.6) is 5.75 Å². The standard InChI is InChI=1S/C20H23FN2O2/c1-15(25-19-11-7-6-10-17(19)21)20(24)23-13-12-22(2)14-18(23)16-8-4-3-5-9-16/h3-11,15,18H,12-14H2,1-2H3/t15-,18-/m1/s1. The maximum atomic E-state index is 13.8. The van der Waals surface area contributed by atoms with Crippen molar-refractivity contribution in [2.75, 3.05) is 26.7 Å². The molecular formula is C20H23FN2O2. The Morgan fingerprint density at radius 2 is 1.80 bits per heavy atom. The number of ether oxygens (including phenoxy) is 1. The molecule has 25 heavy (non-hydrogen) atoms. The lowest BCUT2D eigenvalue weighted by Gasteiger charge is -2.41. The zero-order valence-electron chi connectivity index (χ0n) is 14.6. The lowest BCUT2D eigenvalue weighted by molar-refractivity contribution is -0.143. The van der Waals surface area contributed by atoms with Gasteiger partial charge in [0.05, 0.1) is 6.04 Å². The van der Waals surface area contributed by atoms with E-state index in [4.69, 9.17) is 4.74 Å². The van der Waals surface area contributed by atoms with E-state index in [1.54, 1.807) is 19.1 Å². The van der Waals surface area contributed by atoms with Crippen LogP contribution in [0.3, 0.4) is 0 Å². The molecule has 1 aliphatic rings. The first-order chi connectivity index (χ1) is 12.1. The van der Waals surface area contributed by atoms with Crippen molar-refractivity contribution in [3.05, 3.63) is 66.0 Å². The van der Waals surface area contributed by atoms with Crippen LogP contribution in [0.15, 0.2) is 54.6 Å². The van der Waals surface area contributed by atoms with Crippen LogP contribution in [-0.2, 0) is 4.79 Å². The Labute approximate surface area is 147 Å². The second-order valence-corrected chi connectivity index (χ2v) is 6.41. The summed E-state index contributed by atoms with van der Waals surface area (Å²) in [6.07, 6.45) is -0.744. The molecule has 1 aliphatic heterocycles. The van der Waals surface area contributed by atoms with Gasteiger partial charge in [-0.3, -0.25) is 4.79 Å². The minimum Gasteiger partial charge on any atom is -0.478 e. The number of likely N-dealkylation sites (N-methyl/N-ethyl adjacent to an activating group) is 1. The van der Waals surface area contributed by atoms with Gasteiger partial charge in [-0.1, -0.05) is 42.5 Å². The van der Waals surface area contributed by atoms with E-state index in [0.29, 0.717) is 6.54 Å². The molecule has 0 unspecified atom stereocenters. The molecule has 1 amide bonds. The van der Waals surface area contributed by atoms with Crippen molar-refractivity contribution in [2.24, 2.45) is 0 Å². The van der Waals surface area contributed by atoms with Gasteiger partial charge in [0.25, 0.3) is 5.91 Å². The molecule has 0 saturated carbocycles. The predicted octanol–water partition coefficient (Wildman–Crippen LogP) is 3.11. The lowest BCUT2D eigenvalue weighted by Crippen LogP contribution is -2.52. The Morgan fingerprint density at radius 1 is 1.12 bits per heavy atom. The molecule has 3 rings (SSSR count). The summed E-state index contributed by atoms with van der Waals surface area (Å²) in [4.78, 5) is 17.0. The Balaban J connectivity index is 1.77. The number of nitrogens with zero attached hydrogens (tertiary/aromatic N) is 2. The quantitative estimate of drug-likeness (QED) is 0.856. The second kappa shape index (κ2) is 7.66. The maximum Gasteiger partial charge on any atom is 0.263 e. The van der Waals surface area contributed by atoms with E-state index in [1.807, 2.05) is 35.2 Å². The third-order valence-corrected chi connectivity index (χ3v) is 4.54. The highest BCUT2D eigenvalue weighted by molar-refractivity contribution is 5.81. The highest BCUT2D eigenvalue weighted by Crippen LogP contribution is 2.26. The van der Waals surface area contributed by atoms with Gasteiger partial charge in [0.15, 0.2) is 17.7 Å². The smallest absolute Gasteiger partial charge is 0.263 e. The van der Waals surface area contributed by atoms with Gasteiger partial charge in [-0.25, -0.2) is 4.39 Å². The molecular weight excluding hydrogens is 319 g/mol. The molecule has 132 valence electrons. The lowest BCUT2D eigenvalue weighted by atomic mass is 10.0. The number of piperazine rings is 1. The van der Waals surface area contributed by atoms with E-state index in [1.165, 1.54) is 12.1 Å². The first-order valence-corrected chi connectivity index (χ1v) is 8.51. The van der Waals surface area contributed by atoms with Crippen LogP contribution >= 0.6 is 0 Å². The number of hydrogen-bond donors (Lipinski definition) is 0. The number of hydrogen-bond acceptors (Lipinski definition) is 3. The van der Waals surface area contributed by atoms with Gasteiger partial charge < -0.3 is 14.5 Å². The monoisotopic (exact) mass is 342 g/mol. The molecule has 0 aliphatic carbocycles. The molecule has 0 N–H and O–H groups in total. The summed E-state index contributed by atoms with van der Waals surface area (Å²) in [6, 6.07) is 16.1. The fourth-order valence-electron chi connectivity index (χ4n) is 3.16. The highest BCUT2D eigenvalue weighted by Gasteiger charge is 2.33. The van der Waals surface area contributed by atoms with Crippen LogP contribution < -0.4 is 4.74 Å². The molecule has 0 aromatic heterocycles. The van der Waals surface area contributed by atoms with E-state index >= 15 is 0 Å². The SMILES string of the molecule is C[C@@H](Oc1ccccc1F)C(=O)N1CCN(C)C[C@@H]1c1ccccc1. The predicted molar refractivity (Wildman–Crippen MR) is 94.9 cm³/mol. The average molecular weight is 342 g/mol. The summed E-state index contributed by atoms with van der Waals surface area (Å²) < 4.78 is 19.4. The van der Waals surface area contributed by atoms with Crippen molar-refractivity contribution in [1.82, 2.24) is 9.80 Å². The van der Waals surface area contributed by atoms with Crippen molar-refractivity contribution in [3.63, 3.8) is 0 Å². The van der Waals surface area contributed by atoms with Crippen molar-refractivity contribution in [1.29, 1.82) is 0 Å². The Hall–Kier alpha value is -2.40. The highest BCUT2D eigenvalue weighted by atomic mass is 19.1. The molecule has 0 bridgehead atoms. The molecule has 1 heterocycles. The number of carbonyl (C=O) groups excluding carboxylic acids is 1. The van der Waals surface area contributed by atoms with E-state index in [-0.39, 0.29) is 17.7 Å². The minimum absolute atomic E-state index is 0.0286. The van der Waals surface area contributed by atoms with Gasteiger partial charge in [-0.05, 0) is 31.7 Å². The van der Waals surface area contributed by atoms with Crippen molar-refractivity contribution in [3.8, 4) is 5.75 Å². The van der Waals surface area contributed by atoms with E-state index in [2.05, 4.69) is 11.9 Å². The molecule has 2 aromatic rings. The summed E-state index contributed by atoms with van der Waals surface area (Å²) in [5.74, 6) is -0.473. The first-order valence-electron chi connectivity index (χ1n) is 8.51. The average Bonchev–Trinajstić information content (AvgIpc) is 2.63. The minimum atomic E-state index is -0.744. The molecule has 1 fully saturated rings. The van der Waals surface area contributed by atoms with Crippen LogP contribution in [0.4, 0.5) is 4.39 Å². The largest absolute Gasteiger partial charge is 0.478 e. The maximum absolute atomic E-state index is 13.8.